The van der Waals surface area contributed by atoms with Crippen LogP contribution in [0.5, 0.6) is 0 Å². The normalized spacial score (nSPS) is 29.4. The van der Waals surface area contributed by atoms with Crippen molar-refractivity contribution in [2.24, 2.45) is 0 Å². The predicted molar refractivity (Wildman–Crippen MR) is 80.5 cm³/mol. The molecule has 1 aromatic carbocycles. The number of hydrogen-bond acceptors (Lipinski definition) is 5. The molecule has 3 N–H and O–H groups in total. The molecule has 1 aromatic heterocycles. The SMILES string of the molecule is OC[C@H]1O[C@@H](n2c(Cl)nc3cc(Cl)c(Br)cc32)[C@H](O)[C@@H]1O. The molecule has 1 saturated heterocycles. The Labute approximate surface area is 138 Å². The van der Waals surface area contributed by atoms with Gasteiger partial charge in [-0.15, -0.1) is 0 Å². The van der Waals surface area contributed by atoms with Crippen LogP contribution in [0.3, 0.4) is 0 Å². The summed E-state index contributed by atoms with van der Waals surface area (Å²) in [7, 11) is 0. The monoisotopic (exact) mass is 396 g/mol. The summed E-state index contributed by atoms with van der Waals surface area (Å²) >= 11 is 15.4. The lowest BCUT2D eigenvalue weighted by molar-refractivity contribution is -0.0507. The van der Waals surface area contributed by atoms with Crippen LogP contribution >= 0.6 is 39.1 Å². The number of ether oxygens (including phenoxy) is 1. The third-order valence-electron chi connectivity index (χ3n) is 3.46. The van der Waals surface area contributed by atoms with Crippen molar-refractivity contribution in [3.05, 3.63) is 26.9 Å². The van der Waals surface area contributed by atoms with Crippen molar-refractivity contribution >= 4 is 50.2 Å². The van der Waals surface area contributed by atoms with Crippen LogP contribution in [0.25, 0.3) is 11.0 Å². The topological polar surface area (TPSA) is 87.7 Å². The van der Waals surface area contributed by atoms with Crippen LogP contribution in [-0.4, -0.2) is 49.8 Å². The average Bonchev–Trinajstić information content (AvgIpc) is 2.89. The number of aliphatic hydroxyl groups is 3. The molecule has 0 amide bonds. The van der Waals surface area contributed by atoms with E-state index in [0.717, 1.165) is 0 Å². The van der Waals surface area contributed by atoms with Crippen molar-refractivity contribution in [3.8, 4) is 0 Å². The molecule has 1 aliphatic rings. The third kappa shape index (κ3) is 2.46. The Morgan fingerprint density at radius 1 is 1.29 bits per heavy atom. The Balaban J connectivity index is 2.12. The second-order valence-corrected chi connectivity index (χ2v) is 6.33. The molecule has 9 heteroatoms. The maximum absolute atomic E-state index is 10.1. The molecular weight excluding hydrogens is 387 g/mol. The van der Waals surface area contributed by atoms with Crippen molar-refractivity contribution in [2.45, 2.75) is 24.5 Å². The van der Waals surface area contributed by atoms with E-state index >= 15 is 0 Å². The smallest absolute Gasteiger partial charge is 0.206 e. The van der Waals surface area contributed by atoms with Crippen molar-refractivity contribution in [2.75, 3.05) is 6.61 Å². The zero-order valence-electron chi connectivity index (χ0n) is 10.4. The van der Waals surface area contributed by atoms with Gasteiger partial charge in [-0.2, -0.15) is 0 Å². The van der Waals surface area contributed by atoms with E-state index in [1.807, 2.05) is 0 Å². The first-order chi connectivity index (χ1) is 9.93. The van der Waals surface area contributed by atoms with E-state index in [1.165, 1.54) is 4.57 Å². The van der Waals surface area contributed by atoms with Gasteiger partial charge in [0, 0.05) is 4.47 Å². The van der Waals surface area contributed by atoms with E-state index in [1.54, 1.807) is 12.1 Å². The van der Waals surface area contributed by atoms with Gasteiger partial charge in [0.2, 0.25) is 5.28 Å². The first-order valence-corrected chi connectivity index (χ1v) is 7.64. The Kier molecular flexibility index (Phi) is 4.17. The highest BCUT2D eigenvalue weighted by Gasteiger charge is 2.44. The number of halogens is 3. The molecular formula is C12H11BrCl2N2O4. The minimum absolute atomic E-state index is 0.0917. The second-order valence-electron chi connectivity index (χ2n) is 4.73. The van der Waals surface area contributed by atoms with E-state index in [4.69, 9.17) is 33.0 Å². The number of aromatic nitrogens is 2. The quantitative estimate of drug-likeness (QED) is 0.718. The minimum Gasteiger partial charge on any atom is -0.394 e. The van der Waals surface area contributed by atoms with Gasteiger partial charge in [-0.1, -0.05) is 11.6 Å². The largest absolute Gasteiger partial charge is 0.394 e. The number of benzene rings is 1. The molecule has 3 rings (SSSR count). The number of imidazole rings is 1. The van der Waals surface area contributed by atoms with E-state index in [0.29, 0.717) is 20.5 Å². The van der Waals surface area contributed by atoms with Crippen molar-refractivity contribution in [1.29, 1.82) is 0 Å². The Morgan fingerprint density at radius 2 is 2.00 bits per heavy atom. The molecule has 0 radical (unpaired) electrons. The van der Waals surface area contributed by atoms with Crippen molar-refractivity contribution in [1.82, 2.24) is 9.55 Å². The van der Waals surface area contributed by atoms with Crippen LogP contribution in [0.2, 0.25) is 10.3 Å². The molecule has 4 atom stereocenters. The highest BCUT2D eigenvalue weighted by Crippen LogP contribution is 2.37. The average molecular weight is 398 g/mol. The van der Waals surface area contributed by atoms with Gasteiger partial charge >= 0.3 is 0 Å². The molecule has 2 aromatic rings. The third-order valence-corrected chi connectivity index (χ3v) is 4.92. The van der Waals surface area contributed by atoms with Crippen LogP contribution in [-0.2, 0) is 4.74 Å². The minimum atomic E-state index is -1.23. The van der Waals surface area contributed by atoms with Gasteiger partial charge in [0.1, 0.15) is 18.3 Å². The summed E-state index contributed by atoms with van der Waals surface area (Å²) in [6.07, 6.45) is -4.26. The number of aliphatic hydroxyl groups excluding tert-OH is 3. The molecule has 1 fully saturated rings. The highest BCUT2D eigenvalue weighted by molar-refractivity contribution is 9.10. The lowest BCUT2D eigenvalue weighted by Gasteiger charge is -2.18. The summed E-state index contributed by atoms with van der Waals surface area (Å²) in [5.41, 5.74) is 1.12. The standard InChI is InChI=1S/C12H11BrCl2N2O4/c13-4-1-7-6(2-5(4)14)16-12(15)17(7)11-10(20)9(19)8(3-18)21-11/h1-2,8-11,18-20H,3H2/t8-,9-,10-,11-/m1/s1. The summed E-state index contributed by atoms with van der Waals surface area (Å²) in [6, 6.07) is 3.33. The lowest BCUT2D eigenvalue weighted by atomic mass is 10.1. The van der Waals surface area contributed by atoms with Gasteiger partial charge in [-0.3, -0.25) is 4.57 Å². The fourth-order valence-corrected chi connectivity index (χ4v) is 3.16. The first-order valence-electron chi connectivity index (χ1n) is 6.09. The zero-order chi connectivity index (χ0) is 15.3. The van der Waals surface area contributed by atoms with Crippen molar-refractivity contribution in [3.63, 3.8) is 0 Å². The van der Waals surface area contributed by atoms with Gasteiger partial charge < -0.3 is 20.1 Å². The number of hydrogen-bond donors (Lipinski definition) is 3. The van der Waals surface area contributed by atoms with Gasteiger partial charge in [0.25, 0.3) is 0 Å². The van der Waals surface area contributed by atoms with E-state index in [9.17, 15) is 10.2 Å². The Morgan fingerprint density at radius 3 is 2.62 bits per heavy atom. The van der Waals surface area contributed by atoms with Gasteiger partial charge in [0.15, 0.2) is 6.23 Å². The van der Waals surface area contributed by atoms with E-state index in [2.05, 4.69) is 20.9 Å². The molecule has 0 aliphatic carbocycles. The first kappa shape index (κ1) is 15.5. The fraction of sp³-hybridized carbons (Fsp3) is 0.417. The maximum atomic E-state index is 10.1. The fourth-order valence-electron chi connectivity index (χ4n) is 2.40. The van der Waals surface area contributed by atoms with Crippen LogP contribution in [0, 0.1) is 0 Å². The maximum Gasteiger partial charge on any atom is 0.206 e. The predicted octanol–water partition coefficient (Wildman–Crippen LogP) is 1.72. The van der Waals surface area contributed by atoms with Crippen molar-refractivity contribution < 1.29 is 20.1 Å². The summed E-state index contributed by atoms with van der Waals surface area (Å²) < 4.78 is 7.58. The summed E-state index contributed by atoms with van der Waals surface area (Å²) in [6.45, 7) is -0.408. The molecule has 0 bridgehead atoms. The van der Waals surface area contributed by atoms with Crippen LogP contribution < -0.4 is 0 Å². The Hall–Kier alpha value is -0.410. The highest BCUT2D eigenvalue weighted by atomic mass is 79.9. The van der Waals surface area contributed by atoms with Crippen LogP contribution in [0.4, 0.5) is 0 Å². The summed E-state index contributed by atoms with van der Waals surface area (Å²) in [5, 5.41) is 29.7. The van der Waals surface area contributed by atoms with Gasteiger partial charge in [-0.05, 0) is 39.7 Å². The molecule has 1 aliphatic heterocycles. The van der Waals surface area contributed by atoms with E-state index in [-0.39, 0.29) is 5.28 Å². The summed E-state index contributed by atoms with van der Waals surface area (Å²) in [5.74, 6) is 0. The van der Waals surface area contributed by atoms with Gasteiger partial charge in [-0.25, -0.2) is 4.98 Å². The molecule has 114 valence electrons. The van der Waals surface area contributed by atoms with Crippen LogP contribution in [0.1, 0.15) is 6.23 Å². The molecule has 0 unspecified atom stereocenters. The van der Waals surface area contributed by atoms with Gasteiger partial charge in [0.05, 0.1) is 22.7 Å². The Bertz CT molecular complexity index is 695. The van der Waals surface area contributed by atoms with E-state index < -0.39 is 31.1 Å². The lowest BCUT2D eigenvalue weighted by Crippen LogP contribution is -2.33. The zero-order valence-corrected chi connectivity index (χ0v) is 13.5. The second kappa shape index (κ2) is 5.66. The molecule has 0 saturated carbocycles. The molecule has 2 heterocycles. The number of fused-ring (bicyclic) bond motifs is 1. The summed E-state index contributed by atoms with van der Waals surface area (Å²) in [4.78, 5) is 4.16. The number of rotatable bonds is 2. The number of nitrogens with zero attached hydrogens (tertiary/aromatic N) is 2. The molecule has 21 heavy (non-hydrogen) atoms. The molecule has 0 spiro atoms. The molecule has 6 nitrogen and oxygen atoms in total. The van der Waals surface area contributed by atoms with Crippen LogP contribution in [0.15, 0.2) is 16.6 Å².